The topological polar surface area (TPSA) is 303 Å². The van der Waals surface area contributed by atoms with E-state index >= 15 is 0 Å². The summed E-state index contributed by atoms with van der Waals surface area (Å²) in [6.07, 6.45) is 13.6. The second-order valence-electron chi connectivity index (χ2n) is 18.2. The van der Waals surface area contributed by atoms with Crippen molar-refractivity contribution < 1.29 is 43.5 Å². The van der Waals surface area contributed by atoms with Gasteiger partial charge in [0.05, 0.1) is 19.2 Å². The fourth-order valence-corrected chi connectivity index (χ4v) is 8.85. The summed E-state index contributed by atoms with van der Waals surface area (Å²) in [7, 11) is 3.61. The minimum Gasteiger partial charge on any atom is -0.394 e. The lowest BCUT2D eigenvalue weighted by Crippen LogP contribution is -2.64. The number of ketones is 1. The van der Waals surface area contributed by atoms with Gasteiger partial charge in [-0.05, 0) is 50.4 Å². The van der Waals surface area contributed by atoms with Gasteiger partial charge >= 0.3 is 0 Å². The number of primary amides is 1. The van der Waals surface area contributed by atoms with E-state index in [0.717, 1.165) is 56.4 Å². The Morgan fingerprint density at radius 2 is 1.47 bits per heavy atom. The van der Waals surface area contributed by atoms with Gasteiger partial charge in [-0.15, -0.1) is 11.8 Å². The summed E-state index contributed by atoms with van der Waals surface area (Å²) in [5.74, 6) is -5.82. The van der Waals surface area contributed by atoms with Crippen molar-refractivity contribution in [3.8, 4) is 0 Å². The van der Waals surface area contributed by atoms with Gasteiger partial charge in [0.1, 0.15) is 23.7 Å². The van der Waals surface area contributed by atoms with E-state index < -0.39 is 89.9 Å². The van der Waals surface area contributed by atoms with Crippen LogP contribution in [-0.4, -0.2) is 127 Å². The smallest absolute Gasteiger partial charge is 0.248 e. The second kappa shape index (κ2) is 32.5. The Morgan fingerprint density at radius 3 is 2.06 bits per heavy atom. The van der Waals surface area contributed by atoms with E-state index in [1.54, 1.807) is 7.05 Å². The van der Waals surface area contributed by atoms with E-state index in [1.165, 1.54) is 57.1 Å². The molecule has 68 heavy (non-hydrogen) atoms. The summed E-state index contributed by atoms with van der Waals surface area (Å²) in [6, 6.07) is -4.83. The molecule has 1 saturated heterocycles. The fourth-order valence-electron chi connectivity index (χ4n) is 7.98. The molecule has 384 valence electrons. The van der Waals surface area contributed by atoms with Crippen molar-refractivity contribution in [1.82, 2.24) is 47.9 Å². The zero-order valence-electron chi connectivity index (χ0n) is 41.0. The monoisotopic (exact) mass is 976 g/mol. The van der Waals surface area contributed by atoms with E-state index in [-0.39, 0.29) is 61.9 Å². The molecule has 1 fully saturated rings. The molecule has 20 nitrogen and oxygen atoms in total. The fraction of sp³-hybridized carbons (Fsp3) is 0.723. The number of guanidine groups is 1. The molecule has 2 rings (SSSR count). The van der Waals surface area contributed by atoms with E-state index in [0.29, 0.717) is 6.42 Å². The quantitative estimate of drug-likeness (QED) is 0.0351. The van der Waals surface area contributed by atoms with Crippen LogP contribution >= 0.6 is 11.8 Å². The first-order valence-corrected chi connectivity index (χ1v) is 25.3. The number of thioether (sulfide) groups is 1. The number of carbonyl (C=O) groups is 8. The number of aliphatic hydroxyl groups is 1. The second-order valence-corrected chi connectivity index (χ2v) is 19.1. The lowest BCUT2D eigenvalue weighted by Gasteiger charge is -2.38. The third kappa shape index (κ3) is 22.7. The molecule has 7 amide bonds. The van der Waals surface area contributed by atoms with Crippen molar-refractivity contribution in [2.24, 2.45) is 22.6 Å². The number of unbranched alkanes of at least 4 members (excludes halogenated alkanes) is 11. The lowest BCUT2D eigenvalue weighted by molar-refractivity contribution is -0.137. The maximum atomic E-state index is 14.8. The maximum absolute atomic E-state index is 14.8. The minimum absolute atomic E-state index is 0.0177. The van der Waals surface area contributed by atoms with E-state index in [9.17, 15) is 43.5 Å². The van der Waals surface area contributed by atoms with Gasteiger partial charge in [0.2, 0.25) is 41.4 Å². The first-order chi connectivity index (χ1) is 32.4. The van der Waals surface area contributed by atoms with Crippen LogP contribution in [0, 0.1) is 11.8 Å². The molecule has 2 heterocycles. The average molecular weight is 976 g/mol. The highest BCUT2D eigenvalue weighted by Crippen LogP contribution is 2.29. The number of Topliss-reactive ketones (excluding diaryl/α,β-unsaturated/α-hetero) is 1. The summed E-state index contributed by atoms with van der Waals surface area (Å²) < 4.78 is 0. The molecule has 6 atom stereocenters. The van der Waals surface area contributed by atoms with Gasteiger partial charge in [0.15, 0.2) is 11.7 Å². The normalized spacial score (nSPS) is 23.1. The third-order valence-electron chi connectivity index (χ3n) is 11.9. The molecule has 0 bridgehead atoms. The molecule has 6 unspecified atom stereocenters. The van der Waals surface area contributed by atoms with Crippen molar-refractivity contribution in [2.75, 3.05) is 39.5 Å². The molecule has 1 spiro atoms. The van der Waals surface area contributed by atoms with Crippen LogP contribution in [0.3, 0.4) is 0 Å². The van der Waals surface area contributed by atoms with Crippen molar-refractivity contribution in [3.05, 3.63) is 23.9 Å². The highest BCUT2D eigenvalue weighted by atomic mass is 32.2. The molecule has 0 aromatic heterocycles. The largest absolute Gasteiger partial charge is 0.394 e. The number of hydrogen-bond donors (Lipinski definition) is 11. The van der Waals surface area contributed by atoms with Gasteiger partial charge in [-0.1, -0.05) is 84.6 Å². The van der Waals surface area contributed by atoms with E-state index in [2.05, 4.69) is 59.4 Å². The number of nitrogens with one attached hydrogen (secondary N) is 9. The van der Waals surface area contributed by atoms with Crippen LogP contribution in [-0.2, 0) is 38.4 Å². The number of amides is 7. The third-order valence-corrected chi connectivity index (χ3v) is 12.8. The van der Waals surface area contributed by atoms with Crippen LogP contribution in [0.5, 0.6) is 0 Å². The molecule has 0 saturated carbocycles. The number of hydrogen-bond acceptors (Lipinski definition) is 12. The number of aliphatic imine (C=N–C) groups is 1. The Hall–Kier alpha value is -5.18. The summed E-state index contributed by atoms with van der Waals surface area (Å²) in [6.45, 7) is 9.35. The van der Waals surface area contributed by atoms with Gasteiger partial charge in [0, 0.05) is 63.5 Å². The molecule has 0 aromatic rings. The molecule has 2 aliphatic rings. The minimum atomic E-state index is -1.82. The molecular formula is C47H81N11O9S. The number of carbonyl (C=O) groups excluding carboxylic acids is 8. The standard InChI is InChI=1S/C47H81N11O9S/c1-31(2)25-36-42(64)53-28-32(3)58-47(30-68-24-23-51-43(65)37(29-59)56-44(66)35(57-45(47)67)20-21-39(48)61)27-34(41(63)55-36)26-38(60)33(4)54-40(62)19-17-15-13-11-9-7-8-10-12-14-16-18-22-52-46(49-5)50-6/h23-24,31,33-37,58-59H,3,7-22,25-30H2,1-2,4-6H3,(H2,48,61)(H,51,65)(H,53,64)(H,54,62)(H,55,63)(H,56,66)(H,57,67)(H2,49,50,52)/b24-23-. The number of nitrogens with two attached hydrogens (primary N) is 1. The molecule has 12 N–H and O–H groups in total. The Balaban J connectivity index is 2.17. The first-order valence-electron chi connectivity index (χ1n) is 24.3. The lowest BCUT2D eigenvalue weighted by atomic mass is 9.83. The summed E-state index contributed by atoms with van der Waals surface area (Å²) in [4.78, 5) is 112. The molecule has 0 radical (unpaired) electrons. The van der Waals surface area contributed by atoms with Crippen LogP contribution in [0.15, 0.2) is 28.9 Å². The van der Waals surface area contributed by atoms with Crippen molar-refractivity contribution in [3.63, 3.8) is 0 Å². The zero-order valence-corrected chi connectivity index (χ0v) is 41.8. The molecular weight excluding hydrogens is 895 g/mol. The van der Waals surface area contributed by atoms with Crippen LogP contribution < -0.4 is 53.6 Å². The highest BCUT2D eigenvalue weighted by molar-refractivity contribution is 8.02. The van der Waals surface area contributed by atoms with Crippen LogP contribution in [0.1, 0.15) is 136 Å². The van der Waals surface area contributed by atoms with Gasteiger partial charge in [0.25, 0.3) is 0 Å². The Morgan fingerprint density at radius 1 is 0.853 bits per heavy atom. The van der Waals surface area contributed by atoms with Crippen molar-refractivity contribution in [1.29, 1.82) is 0 Å². The summed E-state index contributed by atoms with van der Waals surface area (Å²) in [5, 5.41) is 36.6. The number of nitrogens with zero attached hydrogens (tertiary/aromatic N) is 1. The first kappa shape index (κ1) is 58.9. The highest BCUT2D eigenvalue weighted by Gasteiger charge is 2.45. The van der Waals surface area contributed by atoms with Crippen molar-refractivity contribution >= 4 is 64.9 Å². The van der Waals surface area contributed by atoms with Crippen LogP contribution in [0.2, 0.25) is 0 Å². The van der Waals surface area contributed by atoms with E-state index in [4.69, 9.17) is 5.73 Å². The van der Waals surface area contributed by atoms with Gasteiger partial charge in [-0.2, -0.15) is 0 Å². The molecule has 21 heteroatoms. The van der Waals surface area contributed by atoms with Crippen molar-refractivity contribution in [2.45, 2.75) is 166 Å². The summed E-state index contributed by atoms with van der Waals surface area (Å²) in [5.41, 5.74) is 3.76. The van der Waals surface area contributed by atoms with Gasteiger partial charge in [-0.25, -0.2) is 0 Å². The summed E-state index contributed by atoms with van der Waals surface area (Å²) >= 11 is 1.05. The Labute approximate surface area is 407 Å². The molecule has 0 aliphatic carbocycles. The molecule has 2 aliphatic heterocycles. The SMILES string of the molecule is C=C1CNC(=O)C(CC(C)C)NC(=O)C(CC(=O)C(C)NC(=O)CCCCCCCCCCCCCCNC(=NC)NC)CC2(CS/C=C\NC(=O)C(CO)NC(=O)C(CCC(N)=O)NC2=O)N1. The Bertz CT molecular complexity index is 1750. The maximum Gasteiger partial charge on any atom is 0.248 e. The Kier molecular flexibility index (Phi) is 28.2. The molecule has 0 aromatic carbocycles. The number of aliphatic hydroxyl groups excluding tert-OH is 1. The van der Waals surface area contributed by atoms with Crippen LogP contribution in [0.4, 0.5) is 0 Å². The van der Waals surface area contributed by atoms with Crippen LogP contribution in [0.25, 0.3) is 0 Å². The zero-order chi connectivity index (χ0) is 50.5. The van der Waals surface area contributed by atoms with E-state index in [1.807, 2.05) is 20.9 Å². The average Bonchev–Trinajstić information content (AvgIpc) is 3.30. The van der Waals surface area contributed by atoms with Gasteiger partial charge < -0.3 is 58.7 Å². The predicted molar refractivity (Wildman–Crippen MR) is 264 cm³/mol. The van der Waals surface area contributed by atoms with Gasteiger partial charge in [-0.3, -0.25) is 43.3 Å². The predicted octanol–water partition coefficient (Wildman–Crippen LogP) is 1.39. The number of rotatable bonds is 25.